The van der Waals surface area contributed by atoms with Crippen LogP contribution in [0.15, 0.2) is 90.6 Å². The number of benzene rings is 2. The fourth-order valence-corrected chi connectivity index (χ4v) is 6.26. The van der Waals surface area contributed by atoms with Crippen molar-refractivity contribution in [3.05, 3.63) is 113 Å². The van der Waals surface area contributed by atoms with Crippen LogP contribution in [0, 0.1) is 0 Å². The van der Waals surface area contributed by atoms with Gasteiger partial charge in [-0.05, 0) is 54.7 Å². The summed E-state index contributed by atoms with van der Waals surface area (Å²) in [7, 11) is 0. The first-order valence-corrected chi connectivity index (χ1v) is 15.1. The summed E-state index contributed by atoms with van der Waals surface area (Å²) in [6.45, 7) is 8.35. The quantitative estimate of drug-likeness (QED) is 0.205. The summed E-state index contributed by atoms with van der Waals surface area (Å²) in [6.07, 6.45) is 3.16. The van der Waals surface area contributed by atoms with Crippen LogP contribution in [-0.4, -0.2) is 17.1 Å². The molecule has 8 heteroatoms. The van der Waals surface area contributed by atoms with Gasteiger partial charge in [0.05, 0.1) is 28.5 Å². The topological polar surface area (TPSA) is 73.8 Å². The van der Waals surface area contributed by atoms with Crippen molar-refractivity contribution in [2.45, 2.75) is 52.5 Å². The molecule has 2 aromatic heterocycles. The number of nitrogens with zero attached hydrogens (tertiary/aromatic N) is 2. The number of ether oxygens (including phenoxy) is 1. The van der Waals surface area contributed by atoms with Crippen molar-refractivity contribution < 1.29 is 13.9 Å². The molecule has 40 heavy (non-hydrogen) atoms. The first kappa shape index (κ1) is 28.1. The van der Waals surface area contributed by atoms with Crippen LogP contribution in [0.1, 0.15) is 69.4 Å². The summed E-state index contributed by atoms with van der Waals surface area (Å²) in [5.41, 5.74) is 3.84. The highest BCUT2D eigenvalue weighted by Crippen LogP contribution is 2.33. The first-order chi connectivity index (χ1) is 19.3. The van der Waals surface area contributed by atoms with Crippen LogP contribution in [-0.2, 0) is 9.53 Å². The summed E-state index contributed by atoms with van der Waals surface area (Å²) in [4.78, 5) is 32.7. The third kappa shape index (κ3) is 5.56. The Morgan fingerprint density at radius 3 is 2.60 bits per heavy atom. The number of carbonyl (C=O) groups excluding carboxylic acids is 1. The van der Waals surface area contributed by atoms with Gasteiger partial charge in [-0.3, -0.25) is 9.36 Å². The average Bonchev–Trinajstić information content (AvgIpc) is 3.53. The Morgan fingerprint density at radius 2 is 1.93 bits per heavy atom. The monoisotopic (exact) mass is 618 g/mol. The molecule has 0 radical (unpaired) electrons. The molecule has 1 aliphatic heterocycles. The van der Waals surface area contributed by atoms with Crippen LogP contribution >= 0.6 is 27.3 Å². The Labute approximate surface area is 245 Å². The second-order valence-electron chi connectivity index (χ2n) is 9.95. The zero-order valence-electron chi connectivity index (χ0n) is 22.9. The van der Waals surface area contributed by atoms with Gasteiger partial charge in [-0.1, -0.05) is 90.9 Å². The van der Waals surface area contributed by atoms with E-state index >= 15 is 0 Å². The van der Waals surface area contributed by atoms with Gasteiger partial charge in [0.2, 0.25) is 0 Å². The maximum atomic E-state index is 13.9. The lowest BCUT2D eigenvalue weighted by Crippen LogP contribution is -2.40. The minimum Gasteiger partial charge on any atom is -0.463 e. The first-order valence-electron chi connectivity index (χ1n) is 13.5. The number of esters is 1. The summed E-state index contributed by atoms with van der Waals surface area (Å²) in [6, 6.07) is 19.1. The average molecular weight is 620 g/mol. The van der Waals surface area contributed by atoms with E-state index in [0.717, 1.165) is 22.0 Å². The standard InChI is InChI=1S/C32H31BrN2O4S/c1-5-8-25-28(31(37)38-6-2)29(21-13-11-20(12-14-21)19(3)4)35-30(36)27(40-32(35)34-25)18-24-15-16-26(39-24)22-9-7-10-23(33)17-22/h7,9-19,29H,5-6,8H2,1-4H3/b27-18-/t29-/m0/s1. The molecule has 0 saturated heterocycles. The largest absolute Gasteiger partial charge is 0.463 e. The predicted octanol–water partition coefficient (Wildman–Crippen LogP) is 6.72. The van der Waals surface area contributed by atoms with Crippen LogP contribution in [0.5, 0.6) is 0 Å². The van der Waals surface area contributed by atoms with Gasteiger partial charge >= 0.3 is 5.97 Å². The van der Waals surface area contributed by atoms with E-state index < -0.39 is 12.0 Å². The fraction of sp³-hybridized carbons (Fsp3) is 0.281. The summed E-state index contributed by atoms with van der Waals surface area (Å²) >= 11 is 4.80. The van der Waals surface area contributed by atoms with E-state index in [-0.39, 0.29) is 12.2 Å². The van der Waals surface area contributed by atoms with Crippen LogP contribution in [0.3, 0.4) is 0 Å². The molecule has 0 fully saturated rings. The lowest BCUT2D eigenvalue weighted by molar-refractivity contribution is -0.139. The molecule has 0 saturated carbocycles. The molecule has 206 valence electrons. The molecular formula is C32H31BrN2O4S. The Bertz CT molecular complexity index is 1760. The smallest absolute Gasteiger partial charge is 0.338 e. The van der Waals surface area contributed by atoms with Crippen molar-refractivity contribution in [3.63, 3.8) is 0 Å². The van der Waals surface area contributed by atoms with E-state index in [2.05, 4.69) is 41.9 Å². The molecule has 4 aromatic rings. The number of furan rings is 1. The zero-order valence-corrected chi connectivity index (χ0v) is 25.3. The van der Waals surface area contributed by atoms with E-state index in [0.29, 0.717) is 44.5 Å². The van der Waals surface area contributed by atoms with Crippen molar-refractivity contribution in [2.75, 3.05) is 6.61 Å². The molecule has 0 amide bonds. The number of carbonyl (C=O) groups is 1. The fourth-order valence-electron chi connectivity index (χ4n) is 4.86. The molecule has 3 heterocycles. The maximum absolute atomic E-state index is 13.9. The highest BCUT2D eigenvalue weighted by atomic mass is 79.9. The van der Waals surface area contributed by atoms with Gasteiger partial charge in [-0.2, -0.15) is 0 Å². The van der Waals surface area contributed by atoms with Gasteiger partial charge in [0.15, 0.2) is 4.80 Å². The lowest BCUT2D eigenvalue weighted by atomic mass is 9.92. The SMILES string of the molecule is CCCC1=C(C(=O)OCC)[C@H](c2ccc(C(C)C)cc2)n2c(s/c(=C\c3ccc(-c4cccc(Br)c4)o3)c2=O)=N1. The van der Waals surface area contributed by atoms with Gasteiger partial charge in [0.25, 0.3) is 5.56 Å². The third-order valence-corrected chi connectivity index (χ3v) is 8.30. The Hall–Kier alpha value is -3.49. The number of thiazole rings is 1. The molecule has 0 unspecified atom stereocenters. The van der Waals surface area contributed by atoms with E-state index in [9.17, 15) is 9.59 Å². The van der Waals surface area contributed by atoms with E-state index in [1.807, 2.05) is 55.5 Å². The highest BCUT2D eigenvalue weighted by molar-refractivity contribution is 9.10. The van der Waals surface area contributed by atoms with Crippen LogP contribution < -0.4 is 14.9 Å². The van der Waals surface area contributed by atoms with Gasteiger partial charge in [-0.25, -0.2) is 9.79 Å². The predicted molar refractivity (Wildman–Crippen MR) is 162 cm³/mol. The number of hydrogen-bond donors (Lipinski definition) is 0. The molecule has 0 aliphatic carbocycles. The van der Waals surface area contributed by atoms with E-state index in [4.69, 9.17) is 14.1 Å². The van der Waals surface area contributed by atoms with Crippen molar-refractivity contribution in [1.82, 2.24) is 4.57 Å². The maximum Gasteiger partial charge on any atom is 0.338 e. The molecular weight excluding hydrogens is 588 g/mol. The molecule has 1 atom stereocenters. The molecule has 2 aromatic carbocycles. The van der Waals surface area contributed by atoms with Crippen molar-refractivity contribution >= 4 is 39.3 Å². The molecule has 1 aliphatic rings. The van der Waals surface area contributed by atoms with E-state index in [1.54, 1.807) is 17.6 Å². The molecule has 5 rings (SSSR count). The number of allylic oxidation sites excluding steroid dienone is 1. The van der Waals surface area contributed by atoms with Crippen molar-refractivity contribution in [3.8, 4) is 11.3 Å². The molecule has 0 spiro atoms. The lowest BCUT2D eigenvalue weighted by Gasteiger charge is -2.26. The normalized spacial score (nSPS) is 15.3. The second-order valence-corrected chi connectivity index (χ2v) is 11.9. The van der Waals surface area contributed by atoms with Crippen LogP contribution in [0.25, 0.3) is 17.4 Å². The Morgan fingerprint density at radius 1 is 1.15 bits per heavy atom. The van der Waals surface area contributed by atoms with Crippen molar-refractivity contribution in [2.24, 2.45) is 4.99 Å². The minimum atomic E-state index is -0.631. The summed E-state index contributed by atoms with van der Waals surface area (Å²) < 4.78 is 14.6. The molecule has 0 N–H and O–H groups in total. The Kier molecular flexibility index (Phi) is 8.38. The Balaban J connectivity index is 1.67. The number of halogens is 1. The second kappa shape index (κ2) is 11.9. The van der Waals surface area contributed by atoms with E-state index in [1.165, 1.54) is 16.9 Å². The highest BCUT2D eigenvalue weighted by Gasteiger charge is 2.34. The van der Waals surface area contributed by atoms with Gasteiger partial charge < -0.3 is 9.15 Å². The number of aromatic nitrogens is 1. The number of rotatable bonds is 8. The summed E-state index contributed by atoms with van der Waals surface area (Å²) in [5, 5.41) is 0. The van der Waals surface area contributed by atoms with Crippen LogP contribution in [0.2, 0.25) is 0 Å². The minimum absolute atomic E-state index is 0.223. The van der Waals surface area contributed by atoms with Gasteiger partial charge in [-0.15, -0.1) is 0 Å². The number of hydrogen-bond acceptors (Lipinski definition) is 6. The summed E-state index contributed by atoms with van der Waals surface area (Å²) in [5.74, 6) is 1.20. The van der Waals surface area contributed by atoms with Crippen molar-refractivity contribution in [1.29, 1.82) is 0 Å². The van der Waals surface area contributed by atoms with Gasteiger partial charge in [0, 0.05) is 16.1 Å². The molecule has 6 nitrogen and oxygen atoms in total. The zero-order chi connectivity index (χ0) is 28.4. The van der Waals surface area contributed by atoms with Gasteiger partial charge in [0.1, 0.15) is 11.5 Å². The number of fused-ring (bicyclic) bond motifs is 1. The molecule has 0 bridgehead atoms. The third-order valence-electron chi connectivity index (χ3n) is 6.82. The van der Waals surface area contributed by atoms with Crippen LogP contribution in [0.4, 0.5) is 0 Å².